The third-order valence-electron chi connectivity index (χ3n) is 8.18. The van der Waals surface area contributed by atoms with E-state index >= 15 is 0 Å². The van der Waals surface area contributed by atoms with E-state index in [-0.39, 0.29) is 22.0 Å². The van der Waals surface area contributed by atoms with E-state index in [4.69, 9.17) is 28.2 Å². The molecule has 2 saturated heterocycles. The Labute approximate surface area is 238 Å². The Kier molecular flexibility index (Phi) is 8.71. The van der Waals surface area contributed by atoms with E-state index in [2.05, 4.69) is 31.6 Å². The molecule has 3 aromatic rings. The molecule has 8 nitrogen and oxygen atoms in total. The normalized spacial score (nSPS) is 19.7. The smallest absolute Gasteiger partial charge is 0.281 e. The van der Waals surface area contributed by atoms with Crippen LogP contribution in [-0.2, 0) is 19.5 Å². The number of aromatic nitrogens is 4. The molecular weight excluding hydrogens is 540 g/mol. The van der Waals surface area contributed by atoms with Gasteiger partial charge in [-0.15, -0.1) is 0 Å². The molecule has 39 heavy (non-hydrogen) atoms. The fraction of sp³-hybridized carbons (Fsp3) is 0.571. The first-order chi connectivity index (χ1) is 18.8. The van der Waals surface area contributed by atoms with E-state index in [0.29, 0.717) is 59.5 Å². The SMILES string of the molecule is CCc1nc2nc(N3CCN(C4CCN(Cc5ccc(Cl)cc5F)CC4)[C@@H](CC)C3)c(Cl)nc2c(=O)n1CC. The van der Waals surface area contributed by atoms with Gasteiger partial charge >= 0.3 is 0 Å². The molecule has 0 unspecified atom stereocenters. The van der Waals surface area contributed by atoms with Crippen molar-refractivity contribution in [2.75, 3.05) is 37.6 Å². The van der Waals surface area contributed by atoms with Gasteiger partial charge in [0.25, 0.3) is 5.56 Å². The summed E-state index contributed by atoms with van der Waals surface area (Å²) in [6.45, 7) is 11.6. The van der Waals surface area contributed by atoms with Crippen LogP contribution in [0.25, 0.3) is 11.2 Å². The number of halogens is 3. The lowest BCUT2D eigenvalue weighted by Crippen LogP contribution is -2.58. The Morgan fingerprint density at radius 1 is 1.03 bits per heavy atom. The van der Waals surface area contributed by atoms with Crippen molar-refractivity contribution in [3.63, 3.8) is 0 Å². The number of piperazine rings is 1. The molecule has 0 aliphatic carbocycles. The van der Waals surface area contributed by atoms with Crippen LogP contribution < -0.4 is 10.5 Å². The number of benzene rings is 1. The number of hydrogen-bond donors (Lipinski definition) is 0. The summed E-state index contributed by atoms with van der Waals surface area (Å²) in [5.74, 6) is 1.07. The fourth-order valence-corrected chi connectivity index (χ4v) is 6.45. The van der Waals surface area contributed by atoms with Gasteiger partial charge in [0.2, 0.25) is 0 Å². The summed E-state index contributed by atoms with van der Waals surface area (Å²) in [6, 6.07) is 5.77. The minimum atomic E-state index is -0.237. The summed E-state index contributed by atoms with van der Waals surface area (Å²) >= 11 is 12.5. The minimum Gasteiger partial charge on any atom is -0.351 e. The third-order valence-corrected chi connectivity index (χ3v) is 8.67. The molecule has 0 radical (unpaired) electrons. The summed E-state index contributed by atoms with van der Waals surface area (Å²) in [6.07, 6.45) is 3.75. The zero-order valence-electron chi connectivity index (χ0n) is 22.8. The van der Waals surface area contributed by atoms with Gasteiger partial charge in [0.05, 0.1) is 0 Å². The van der Waals surface area contributed by atoms with Crippen molar-refractivity contribution in [2.24, 2.45) is 0 Å². The number of anilines is 1. The van der Waals surface area contributed by atoms with Crippen LogP contribution in [0, 0.1) is 5.82 Å². The summed E-state index contributed by atoms with van der Waals surface area (Å²) in [5.41, 5.74) is 1.08. The molecule has 2 fully saturated rings. The maximum atomic E-state index is 14.3. The van der Waals surface area contributed by atoms with Crippen molar-refractivity contribution in [1.82, 2.24) is 29.3 Å². The van der Waals surface area contributed by atoms with Crippen LogP contribution in [0.1, 0.15) is 51.4 Å². The maximum Gasteiger partial charge on any atom is 0.281 e. The number of fused-ring (bicyclic) bond motifs is 1. The monoisotopic (exact) mass is 575 g/mol. The number of likely N-dealkylation sites (tertiary alicyclic amines) is 1. The van der Waals surface area contributed by atoms with Crippen molar-refractivity contribution in [1.29, 1.82) is 0 Å². The van der Waals surface area contributed by atoms with Gasteiger partial charge in [-0.25, -0.2) is 19.3 Å². The van der Waals surface area contributed by atoms with Crippen molar-refractivity contribution in [3.8, 4) is 0 Å². The molecule has 0 amide bonds. The molecule has 0 N–H and O–H groups in total. The third kappa shape index (κ3) is 5.78. The molecule has 2 aliphatic heterocycles. The highest BCUT2D eigenvalue weighted by atomic mass is 35.5. The average Bonchev–Trinajstić information content (AvgIpc) is 2.94. The molecule has 4 heterocycles. The second kappa shape index (κ2) is 12.0. The zero-order valence-corrected chi connectivity index (χ0v) is 24.3. The number of nitrogens with zero attached hydrogens (tertiary/aromatic N) is 7. The van der Waals surface area contributed by atoms with E-state index in [9.17, 15) is 9.18 Å². The van der Waals surface area contributed by atoms with Gasteiger partial charge in [0, 0.05) is 61.8 Å². The standard InChI is InChI=1S/C28H36Cl2FN7O/c1-4-20-17-36(27-25(30)33-24-26(34-27)32-23(5-2)37(6-3)28(24)39)13-14-38(20)21-9-11-35(12-10-21)16-18-7-8-19(29)15-22(18)31/h7-8,15,20-21H,4-6,9-14,16-17H2,1-3H3/t20-/m0/s1. The van der Waals surface area contributed by atoms with Crippen LogP contribution in [0.15, 0.2) is 23.0 Å². The molecule has 0 bridgehead atoms. The van der Waals surface area contributed by atoms with E-state index < -0.39 is 0 Å². The van der Waals surface area contributed by atoms with Crippen molar-refractivity contribution in [2.45, 2.75) is 71.6 Å². The predicted octanol–water partition coefficient (Wildman–Crippen LogP) is 4.78. The molecular formula is C28H36Cl2FN7O. The molecule has 11 heteroatoms. The fourth-order valence-electron chi connectivity index (χ4n) is 6.05. The van der Waals surface area contributed by atoms with Gasteiger partial charge in [0.1, 0.15) is 11.6 Å². The molecule has 5 rings (SSSR count). The predicted molar refractivity (Wildman–Crippen MR) is 154 cm³/mol. The van der Waals surface area contributed by atoms with Crippen LogP contribution in [0.3, 0.4) is 0 Å². The molecule has 0 spiro atoms. The largest absolute Gasteiger partial charge is 0.351 e. The topological polar surface area (TPSA) is 70.4 Å². The first kappa shape index (κ1) is 28.2. The van der Waals surface area contributed by atoms with Crippen LogP contribution in [0.5, 0.6) is 0 Å². The Hall–Kier alpha value is -2.33. The first-order valence-corrected chi connectivity index (χ1v) is 14.7. The van der Waals surface area contributed by atoms with Gasteiger partial charge in [-0.2, -0.15) is 0 Å². The minimum absolute atomic E-state index is 0.193. The van der Waals surface area contributed by atoms with Crippen LogP contribution in [0.2, 0.25) is 10.2 Å². The van der Waals surface area contributed by atoms with Crippen molar-refractivity contribution in [3.05, 3.63) is 55.9 Å². The maximum absolute atomic E-state index is 14.3. The zero-order chi connectivity index (χ0) is 27.7. The summed E-state index contributed by atoms with van der Waals surface area (Å²) in [4.78, 5) is 34.0. The Morgan fingerprint density at radius 3 is 2.46 bits per heavy atom. The Bertz CT molecular complexity index is 1390. The van der Waals surface area contributed by atoms with Crippen LogP contribution >= 0.6 is 23.2 Å². The van der Waals surface area contributed by atoms with E-state index in [1.165, 1.54) is 6.07 Å². The highest BCUT2D eigenvalue weighted by Crippen LogP contribution is 2.29. The van der Waals surface area contributed by atoms with Crippen molar-refractivity contribution < 1.29 is 4.39 Å². The molecule has 2 aromatic heterocycles. The second-order valence-corrected chi connectivity index (χ2v) is 11.2. The lowest BCUT2D eigenvalue weighted by molar-refractivity contribution is 0.0607. The second-order valence-electron chi connectivity index (χ2n) is 10.4. The van der Waals surface area contributed by atoms with Crippen molar-refractivity contribution >= 4 is 40.2 Å². The van der Waals surface area contributed by atoms with Gasteiger partial charge in [-0.3, -0.25) is 19.2 Å². The van der Waals surface area contributed by atoms with Gasteiger partial charge in [-0.05, 0) is 51.4 Å². The van der Waals surface area contributed by atoms with Gasteiger partial charge in [-0.1, -0.05) is 43.1 Å². The van der Waals surface area contributed by atoms with Crippen LogP contribution in [0.4, 0.5) is 10.2 Å². The highest BCUT2D eigenvalue weighted by molar-refractivity contribution is 6.32. The van der Waals surface area contributed by atoms with Gasteiger partial charge < -0.3 is 4.90 Å². The first-order valence-electron chi connectivity index (χ1n) is 14.0. The Morgan fingerprint density at radius 2 is 1.79 bits per heavy atom. The number of piperidine rings is 1. The lowest BCUT2D eigenvalue weighted by Gasteiger charge is -2.47. The summed E-state index contributed by atoms with van der Waals surface area (Å²) in [7, 11) is 0. The Balaban J connectivity index is 1.27. The highest BCUT2D eigenvalue weighted by Gasteiger charge is 2.34. The average molecular weight is 577 g/mol. The number of hydrogen-bond acceptors (Lipinski definition) is 7. The number of rotatable bonds is 7. The molecule has 2 aliphatic rings. The van der Waals surface area contributed by atoms with Crippen LogP contribution in [-0.4, -0.2) is 74.1 Å². The lowest BCUT2D eigenvalue weighted by atomic mass is 9.98. The molecule has 1 aromatic carbocycles. The van der Waals surface area contributed by atoms with E-state index in [1.807, 2.05) is 13.8 Å². The van der Waals surface area contributed by atoms with E-state index in [1.54, 1.807) is 16.7 Å². The number of aryl methyl sites for hydroxylation is 1. The summed E-state index contributed by atoms with van der Waals surface area (Å²) < 4.78 is 15.9. The molecule has 1 atom stereocenters. The quantitative estimate of drug-likeness (QED) is 0.401. The summed E-state index contributed by atoms with van der Waals surface area (Å²) in [5, 5.41) is 0.678. The molecule has 0 saturated carbocycles. The van der Waals surface area contributed by atoms with E-state index in [0.717, 1.165) is 52.0 Å². The molecule has 210 valence electrons. The van der Waals surface area contributed by atoms with Gasteiger partial charge in [0.15, 0.2) is 22.1 Å².